The van der Waals surface area contributed by atoms with Gasteiger partial charge in [-0.2, -0.15) is 0 Å². The van der Waals surface area contributed by atoms with Gasteiger partial charge in [0.05, 0.1) is 10.8 Å². The first kappa shape index (κ1) is 11.4. The Kier molecular flexibility index (Phi) is 3.86. The summed E-state index contributed by atoms with van der Waals surface area (Å²) < 4.78 is 11.6. The summed E-state index contributed by atoms with van der Waals surface area (Å²) in [5, 5.41) is 17.8. The fraction of sp³-hybridized carbons (Fsp3) is 0.333. The molecule has 1 aromatic rings. The highest BCUT2D eigenvalue weighted by Gasteiger charge is 2.12. The molecule has 0 saturated carbocycles. The SMILES string of the molecule is CC(C)S(=O)c1ccc(B(O)O)cc1. The zero-order valence-electron chi connectivity index (χ0n) is 8.18. The highest BCUT2D eigenvalue weighted by molar-refractivity contribution is 7.85. The number of hydrogen-bond acceptors (Lipinski definition) is 3. The first-order chi connectivity index (χ1) is 6.52. The second kappa shape index (κ2) is 4.73. The van der Waals surface area contributed by atoms with E-state index in [2.05, 4.69) is 0 Å². The quantitative estimate of drug-likeness (QED) is 0.687. The standard InChI is InChI=1S/C9H13BO3S/c1-7(2)14(13)9-5-3-8(4-6-9)10(11)12/h3-7,11-12H,1-2H3. The minimum atomic E-state index is -1.46. The van der Waals surface area contributed by atoms with E-state index in [0.29, 0.717) is 10.4 Å². The van der Waals surface area contributed by atoms with Crippen LogP contribution in [0.1, 0.15) is 13.8 Å². The molecule has 1 atom stereocenters. The van der Waals surface area contributed by atoms with Crippen molar-refractivity contribution >= 4 is 23.4 Å². The van der Waals surface area contributed by atoms with Gasteiger partial charge in [-0.1, -0.05) is 26.0 Å². The van der Waals surface area contributed by atoms with Gasteiger partial charge in [-0.05, 0) is 17.6 Å². The summed E-state index contributed by atoms with van der Waals surface area (Å²) in [6.45, 7) is 3.76. The second-order valence-corrected chi connectivity index (χ2v) is 5.30. The molecule has 1 rings (SSSR count). The Bertz CT molecular complexity index is 321. The molecule has 0 amide bonds. The van der Waals surface area contributed by atoms with Crippen LogP contribution in [0.3, 0.4) is 0 Å². The molecule has 0 fully saturated rings. The van der Waals surface area contributed by atoms with Crippen LogP contribution in [0.15, 0.2) is 29.2 Å². The van der Waals surface area contributed by atoms with E-state index in [-0.39, 0.29) is 5.25 Å². The van der Waals surface area contributed by atoms with E-state index in [4.69, 9.17) is 10.0 Å². The summed E-state index contributed by atoms with van der Waals surface area (Å²) in [5.41, 5.74) is 0.412. The maximum atomic E-state index is 11.6. The van der Waals surface area contributed by atoms with Gasteiger partial charge < -0.3 is 10.0 Å². The van der Waals surface area contributed by atoms with E-state index in [0.717, 1.165) is 0 Å². The lowest BCUT2D eigenvalue weighted by Gasteiger charge is -2.06. The molecular formula is C9H13BO3S. The largest absolute Gasteiger partial charge is 0.488 e. The van der Waals surface area contributed by atoms with Crippen molar-refractivity contribution < 1.29 is 14.3 Å². The molecular weight excluding hydrogens is 199 g/mol. The average molecular weight is 212 g/mol. The van der Waals surface area contributed by atoms with Crippen molar-refractivity contribution in [2.75, 3.05) is 0 Å². The maximum Gasteiger partial charge on any atom is 0.488 e. The predicted molar refractivity (Wildman–Crippen MR) is 57.8 cm³/mol. The molecule has 3 nitrogen and oxygen atoms in total. The molecule has 0 aliphatic heterocycles. The van der Waals surface area contributed by atoms with Gasteiger partial charge in [0.25, 0.3) is 0 Å². The molecule has 0 aliphatic carbocycles. The predicted octanol–water partition coefficient (Wildman–Crippen LogP) is -0.118. The first-order valence-electron chi connectivity index (χ1n) is 4.39. The molecule has 14 heavy (non-hydrogen) atoms. The number of rotatable bonds is 3. The van der Waals surface area contributed by atoms with Crippen LogP contribution >= 0.6 is 0 Å². The van der Waals surface area contributed by atoms with Gasteiger partial charge in [-0.25, -0.2) is 0 Å². The lowest BCUT2D eigenvalue weighted by Crippen LogP contribution is -2.29. The number of benzene rings is 1. The van der Waals surface area contributed by atoms with Crippen molar-refractivity contribution in [1.29, 1.82) is 0 Å². The van der Waals surface area contributed by atoms with Gasteiger partial charge >= 0.3 is 7.12 Å². The Morgan fingerprint density at radius 3 is 2.07 bits per heavy atom. The van der Waals surface area contributed by atoms with Gasteiger partial charge in [0.15, 0.2) is 0 Å². The second-order valence-electron chi connectivity index (χ2n) is 3.29. The third kappa shape index (κ3) is 2.67. The molecule has 1 aromatic carbocycles. The summed E-state index contributed by atoms with van der Waals surface area (Å²) in [5.74, 6) is 0. The van der Waals surface area contributed by atoms with Gasteiger partial charge in [-0.15, -0.1) is 0 Å². The van der Waals surface area contributed by atoms with Crippen LogP contribution in [0.2, 0.25) is 0 Å². The minimum absolute atomic E-state index is 0.0694. The topological polar surface area (TPSA) is 57.5 Å². The molecule has 2 N–H and O–H groups in total. The Labute approximate surface area is 86.4 Å². The molecule has 76 valence electrons. The highest BCUT2D eigenvalue weighted by atomic mass is 32.2. The summed E-state index contributed by atoms with van der Waals surface area (Å²) in [6.07, 6.45) is 0. The fourth-order valence-corrected chi connectivity index (χ4v) is 1.99. The minimum Gasteiger partial charge on any atom is -0.423 e. The van der Waals surface area contributed by atoms with E-state index in [1.165, 1.54) is 0 Å². The maximum absolute atomic E-state index is 11.6. The van der Waals surface area contributed by atoms with Gasteiger partial charge in [0.2, 0.25) is 0 Å². The van der Waals surface area contributed by atoms with Crippen LogP contribution < -0.4 is 5.46 Å². The van der Waals surface area contributed by atoms with Crippen molar-refractivity contribution in [3.8, 4) is 0 Å². The normalized spacial score (nSPS) is 12.9. The Morgan fingerprint density at radius 2 is 1.71 bits per heavy atom. The van der Waals surface area contributed by atoms with Crippen LogP contribution in [0.25, 0.3) is 0 Å². The molecule has 0 spiro atoms. The first-order valence-corrected chi connectivity index (χ1v) is 5.60. The lowest BCUT2D eigenvalue weighted by molar-refractivity contribution is 0.425. The highest BCUT2D eigenvalue weighted by Crippen LogP contribution is 2.09. The van der Waals surface area contributed by atoms with Crippen LogP contribution in [0.5, 0.6) is 0 Å². The van der Waals surface area contributed by atoms with E-state index in [9.17, 15) is 4.21 Å². The Morgan fingerprint density at radius 1 is 1.21 bits per heavy atom. The fourth-order valence-electron chi connectivity index (χ4n) is 1.05. The van der Waals surface area contributed by atoms with Crippen molar-refractivity contribution in [2.24, 2.45) is 0 Å². The van der Waals surface area contributed by atoms with E-state index in [1.807, 2.05) is 13.8 Å². The van der Waals surface area contributed by atoms with E-state index >= 15 is 0 Å². The molecule has 0 aliphatic rings. The van der Waals surface area contributed by atoms with Crippen LogP contribution in [-0.4, -0.2) is 26.6 Å². The van der Waals surface area contributed by atoms with Gasteiger partial charge in [0.1, 0.15) is 0 Å². The van der Waals surface area contributed by atoms with Crippen molar-refractivity contribution in [3.05, 3.63) is 24.3 Å². The molecule has 0 saturated heterocycles. The summed E-state index contributed by atoms with van der Waals surface area (Å²) in [7, 11) is -2.48. The van der Waals surface area contributed by atoms with Crippen LogP contribution in [0, 0.1) is 0 Å². The smallest absolute Gasteiger partial charge is 0.423 e. The molecule has 0 bridgehead atoms. The number of hydrogen-bond donors (Lipinski definition) is 2. The molecule has 0 aromatic heterocycles. The third-order valence-electron chi connectivity index (χ3n) is 1.84. The summed E-state index contributed by atoms with van der Waals surface area (Å²) >= 11 is 0. The zero-order valence-corrected chi connectivity index (χ0v) is 8.99. The van der Waals surface area contributed by atoms with Crippen molar-refractivity contribution in [3.63, 3.8) is 0 Å². The van der Waals surface area contributed by atoms with Crippen molar-refractivity contribution in [1.82, 2.24) is 0 Å². The summed E-state index contributed by atoms with van der Waals surface area (Å²) in [4.78, 5) is 0.712. The molecule has 0 heterocycles. The Hall–Kier alpha value is -0.645. The van der Waals surface area contributed by atoms with Crippen LogP contribution in [0.4, 0.5) is 0 Å². The monoisotopic (exact) mass is 212 g/mol. The van der Waals surface area contributed by atoms with E-state index in [1.54, 1.807) is 24.3 Å². The lowest BCUT2D eigenvalue weighted by atomic mass is 9.81. The van der Waals surface area contributed by atoms with Gasteiger partial charge in [-0.3, -0.25) is 4.21 Å². The van der Waals surface area contributed by atoms with Crippen molar-refractivity contribution in [2.45, 2.75) is 24.0 Å². The Balaban J connectivity index is 2.89. The zero-order chi connectivity index (χ0) is 10.7. The van der Waals surface area contributed by atoms with Crippen LogP contribution in [-0.2, 0) is 10.8 Å². The molecule has 5 heteroatoms. The third-order valence-corrected chi connectivity index (χ3v) is 3.43. The van der Waals surface area contributed by atoms with Gasteiger partial charge in [0, 0.05) is 10.1 Å². The molecule has 1 unspecified atom stereocenters. The molecule has 0 radical (unpaired) electrons. The average Bonchev–Trinajstić information content (AvgIpc) is 2.16. The van der Waals surface area contributed by atoms with E-state index < -0.39 is 17.9 Å². The summed E-state index contributed by atoms with van der Waals surface area (Å²) in [6, 6.07) is 6.45.